The van der Waals surface area contributed by atoms with E-state index in [4.69, 9.17) is 12.2 Å². The monoisotopic (exact) mass is 428 g/mol. The predicted molar refractivity (Wildman–Crippen MR) is 103 cm³/mol. The highest BCUT2D eigenvalue weighted by Gasteiger charge is 2.44. The number of carbonyl (C=O) groups is 3. The second kappa shape index (κ2) is 6.11. The van der Waals surface area contributed by atoms with Gasteiger partial charge in [0.1, 0.15) is 0 Å². The van der Waals surface area contributed by atoms with Crippen LogP contribution in [-0.4, -0.2) is 33.6 Å². The van der Waals surface area contributed by atoms with E-state index in [9.17, 15) is 14.4 Å². The number of rotatable bonds is 2. The number of benzene rings is 2. The van der Waals surface area contributed by atoms with Crippen LogP contribution in [0.25, 0.3) is 0 Å². The second-order valence-corrected chi connectivity index (χ2v) is 6.75. The van der Waals surface area contributed by atoms with E-state index >= 15 is 0 Å². The molecule has 9 heteroatoms. The number of hydrogen-bond donors (Lipinski definition) is 1. The summed E-state index contributed by atoms with van der Waals surface area (Å²) in [7, 11) is 0. The summed E-state index contributed by atoms with van der Waals surface area (Å²) in [5, 5.41) is 7.42. The first-order valence-electron chi connectivity index (χ1n) is 7.45. The summed E-state index contributed by atoms with van der Waals surface area (Å²) in [4.78, 5) is 38.0. The van der Waals surface area contributed by atoms with E-state index in [1.165, 1.54) is 0 Å². The fourth-order valence-corrected chi connectivity index (χ4v) is 3.24. The average Bonchev–Trinajstić information content (AvgIpc) is 3.05. The molecule has 0 aromatic heterocycles. The smallest absolute Gasteiger partial charge is 0.320 e. The number of thiocarbonyl (C=S) groups is 1. The quantitative estimate of drug-likeness (QED) is 0.587. The number of carbonyl (C=O) groups excluding carboxylic acids is 3. The molecule has 0 bridgehead atoms. The largest absolute Gasteiger partial charge is 0.339 e. The number of halogens is 1. The Labute approximate surface area is 161 Å². The summed E-state index contributed by atoms with van der Waals surface area (Å²) in [5.41, 5.74) is 1.60. The van der Waals surface area contributed by atoms with Crippen LogP contribution >= 0.6 is 28.1 Å². The number of anilines is 2. The summed E-state index contributed by atoms with van der Waals surface area (Å²) in [6.07, 6.45) is 0. The van der Waals surface area contributed by atoms with Gasteiger partial charge in [0.25, 0.3) is 5.91 Å². The molecule has 0 spiro atoms. The van der Waals surface area contributed by atoms with Gasteiger partial charge in [-0.05, 0) is 42.5 Å². The van der Waals surface area contributed by atoms with Crippen LogP contribution in [0.15, 0.2) is 58.1 Å². The molecule has 1 N–H and O–H groups in total. The summed E-state index contributed by atoms with van der Waals surface area (Å²) >= 11 is 8.57. The van der Waals surface area contributed by atoms with Crippen LogP contribution in [0.2, 0.25) is 0 Å². The van der Waals surface area contributed by atoms with Crippen molar-refractivity contribution in [3.05, 3.63) is 58.6 Å². The first kappa shape index (κ1) is 16.6. The van der Waals surface area contributed by atoms with Crippen molar-refractivity contribution < 1.29 is 14.4 Å². The van der Waals surface area contributed by atoms with E-state index in [-0.39, 0.29) is 10.8 Å². The third-order valence-corrected chi connectivity index (χ3v) is 4.77. The van der Waals surface area contributed by atoms with Crippen LogP contribution < -0.4 is 10.2 Å². The molecule has 0 unspecified atom stereocenters. The van der Waals surface area contributed by atoms with Crippen LogP contribution in [0, 0.1) is 0 Å². The van der Waals surface area contributed by atoms with E-state index in [0.717, 1.165) is 14.4 Å². The van der Waals surface area contributed by atoms with Crippen molar-refractivity contribution in [1.29, 1.82) is 0 Å². The van der Waals surface area contributed by atoms with E-state index in [2.05, 4.69) is 26.3 Å². The van der Waals surface area contributed by atoms with Gasteiger partial charge >= 0.3 is 11.8 Å². The van der Waals surface area contributed by atoms with Crippen molar-refractivity contribution in [3.8, 4) is 0 Å². The van der Waals surface area contributed by atoms with Crippen molar-refractivity contribution in [2.75, 3.05) is 10.2 Å². The fraction of sp³-hybridized carbons (Fsp3) is 0. The molecule has 0 atom stereocenters. The number of hydrazone groups is 1. The second-order valence-electron chi connectivity index (χ2n) is 5.46. The minimum Gasteiger partial charge on any atom is -0.320 e. The number of para-hydroxylation sites is 1. The maximum absolute atomic E-state index is 12.4. The van der Waals surface area contributed by atoms with Gasteiger partial charge in [-0.2, -0.15) is 10.1 Å². The number of fused-ring (bicyclic) bond motifs is 1. The van der Waals surface area contributed by atoms with Crippen LogP contribution in [0.5, 0.6) is 0 Å². The zero-order valence-electron chi connectivity index (χ0n) is 13.0. The van der Waals surface area contributed by atoms with Crippen molar-refractivity contribution >= 4 is 68.1 Å². The Morgan fingerprint density at radius 1 is 0.962 bits per heavy atom. The van der Waals surface area contributed by atoms with E-state index in [1.54, 1.807) is 48.5 Å². The third kappa shape index (κ3) is 2.52. The standard InChI is InChI=1S/C17H9BrN4O3S/c18-9-5-7-10(8-6-9)21-15(24)16(25)22(17(21)26)20-13-11-3-1-2-4-12(11)19-14(13)23/h1-8H,(H,19,20,23). The van der Waals surface area contributed by atoms with Crippen molar-refractivity contribution in [1.82, 2.24) is 5.01 Å². The fourth-order valence-electron chi connectivity index (χ4n) is 2.66. The molecule has 1 fully saturated rings. The minimum atomic E-state index is -0.914. The van der Waals surface area contributed by atoms with E-state index < -0.39 is 17.7 Å². The van der Waals surface area contributed by atoms with Gasteiger partial charge in [-0.3, -0.25) is 14.4 Å². The van der Waals surface area contributed by atoms with Crippen molar-refractivity contribution in [2.24, 2.45) is 5.10 Å². The van der Waals surface area contributed by atoms with E-state index in [0.29, 0.717) is 16.9 Å². The molecule has 2 aliphatic rings. The maximum Gasteiger partial charge on any atom is 0.339 e. The first-order valence-corrected chi connectivity index (χ1v) is 8.65. The lowest BCUT2D eigenvalue weighted by atomic mass is 10.1. The van der Waals surface area contributed by atoms with Crippen LogP contribution in [-0.2, 0) is 14.4 Å². The molecular weight excluding hydrogens is 420 g/mol. The lowest BCUT2D eigenvalue weighted by Gasteiger charge is -2.15. The van der Waals surface area contributed by atoms with Crippen molar-refractivity contribution in [3.63, 3.8) is 0 Å². The van der Waals surface area contributed by atoms with Gasteiger partial charge in [-0.25, -0.2) is 4.90 Å². The summed E-state index contributed by atoms with van der Waals surface area (Å²) in [5.74, 6) is -2.20. The number of nitrogens with zero attached hydrogens (tertiary/aromatic N) is 3. The lowest BCUT2D eigenvalue weighted by molar-refractivity contribution is -0.139. The van der Waals surface area contributed by atoms with Crippen LogP contribution in [0.4, 0.5) is 11.4 Å². The molecule has 0 saturated carbocycles. The molecule has 2 aromatic rings. The summed E-state index contributed by atoms with van der Waals surface area (Å²) < 4.78 is 0.821. The van der Waals surface area contributed by atoms with Gasteiger partial charge in [-0.1, -0.05) is 34.1 Å². The number of amides is 3. The SMILES string of the molecule is O=C1Nc2ccccc2/C1=N\N1C(=O)C(=O)N(c2ccc(Br)cc2)C1=S. The molecule has 0 aliphatic carbocycles. The Hall–Kier alpha value is -2.91. The molecule has 4 rings (SSSR count). The maximum atomic E-state index is 12.4. The Kier molecular flexibility index (Phi) is 3.89. The molecule has 2 aromatic carbocycles. The van der Waals surface area contributed by atoms with Gasteiger partial charge in [-0.15, -0.1) is 0 Å². The molecule has 1 saturated heterocycles. The van der Waals surface area contributed by atoms with Gasteiger partial charge < -0.3 is 5.32 Å². The molecule has 3 amide bonds. The average molecular weight is 429 g/mol. The minimum absolute atomic E-state index is 0.0294. The van der Waals surface area contributed by atoms with E-state index in [1.807, 2.05) is 0 Å². The summed E-state index contributed by atoms with van der Waals surface area (Å²) in [6.45, 7) is 0. The first-order chi connectivity index (χ1) is 12.5. The van der Waals surface area contributed by atoms with Crippen LogP contribution in [0.3, 0.4) is 0 Å². The summed E-state index contributed by atoms with van der Waals surface area (Å²) in [6, 6.07) is 13.7. The number of hydrogen-bond acceptors (Lipinski definition) is 5. The number of nitrogens with one attached hydrogen (secondary N) is 1. The van der Waals surface area contributed by atoms with Crippen molar-refractivity contribution in [2.45, 2.75) is 0 Å². The Bertz CT molecular complexity index is 1020. The Morgan fingerprint density at radius 2 is 1.65 bits per heavy atom. The molecule has 7 nitrogen and oxygen atoms in total. The van der Waals surface area contributed by atoms with Gasteiger partial charge in [0.15, 0.2) is 5.71 Å². The molecule has 0 radical (unpaired) electrons. The Balaban J connectivity index is 1.73. The lowest BCUT2D eigenvalue weighted by Crippen LogP contribution is -2.31. The zero-order valence-corrected chi connectivity index (χ0v) is 15.4. The topological polar surface area (TPSA) is 82.1 Å². The molecule has 2 heterocycles. The van der Waals surface area contributed by atoms with Gasteiger partial charge in [0, 0.05) is 10.0 Å². The Morgan fingerprint density at radius 3 is 2.38 bits per heavy atom. The highest BCUT2D eigenvalue weighted by molar-refractivity contribution is 9.10. The molecule has 2 aliphatic heterocycles. The highest BCUT2D eigenvalue weighted by Crippen LogP contribution is 2.27. The molecule has 26 heavy (non-hydrogen) atoms. The predicted octanol–water partition coefficient (Wildman–Crippen LogP) is 2.27. The zero-order chi connectivity index (χ0) is 18.4. The van der Waals surface area contributed by atoms with Gasteiger partial charge in [0.2, 0.25) is 5.11 Å². The third-order valence-electron chi connectivity index (χ3n) is 3.88. The van der Waals surface area contributed by atoms with Gasteiger partial charge in [0.05, 0.1) is 11.4 Å². The highest BCUT2D eigenvalue weighted by atomic mass is 79.9. The van der Waals surface area contributed by atoms with Crippen LogP contribution in [0.1, 0.15) is 5.56 Å². The normalized spacial score (nSPS) is 18.0. The molecule has 128 valence electrons. The molecular formula is C17H9BrN4O3S.